The third-order valence-corrected chi connectivity index (χ3v) is 9.10. The van der Waals surface area contributed by atoms with Crippen LogP contribution in [0.4, 0.5) is 5.82 Å². The predicted molar refractivity (Wildman–Crippen MR) is 168 cm³/mol. The molecule has 2 fully saturated rings. The molecule has 212 valence electrons. The number of aromatic nitrogens is 1. The summed E-state index contributed by atoms with van der Waals surface area (Å²) in [7, 11) is 0. The van der Waals surface area contributed by atoms with Gasteiger partial charge in [-0.25, -0.2) is 0 Å². The number of pyridine rings is 1. The van der Waals surface area contributed by atoms with Gasteiger partial charge in [0.2, 0.25) is 0 Å². The van der Waals surface area contributed by atoms with Crippen molar-refractivity contribution in [1.29, 1.82) is 5.26 Å². The molecule has 0 atom stereocenters. The van der Waals surface area contributed by atoms with Gasteiger partial charge in [-0.2, -0.15) is 5.26 Å². The lowest BCUT2D eigenvalue weighted by atomic mass is 10.0. The van der Waals surface area contributed by atoms with Crippen LogP contribution in [0.1, 0.15) is 68.2 Å². The Hall–Kier alpha value is -2.93. The molecule has 0 bridgehead atoms. The molecule has 7 nitrogen and oxygen atoms in total. The molecule has 2 aliphatic heterocycles. The molecular formula is C31H39N5O2S2. The molecule has 2 saturated heterocycles. The highest BCUT2D eigenvalue weighted by Gasteiger charge is 2.33. The second-order valence-corrected chi connectivity index (χ2v) is 12.1. The van der Waals surface area contributed by atoms with Crippen molar-refractivity contribution in [3.05, 3.63) is 67.8 Å². The van der Waals surface area contributed by atoms with E-state index < -0.39 is 0 Å². The van der Waals surface area contributed by atoms with Crippen molar-refractivity contribution in [3.8, 4) is 6.07 Å². The number of nitriles is 1. The minimum Gasteiger partial charge on any atom is -0.355 e. The van der Waals surface area contributed by atoms with Crippen molar-refractivity contribution in [1.82, 2.24) is 14.4 Å². The fourth-order valence-corrected chi connectivity index (χ4v) is 6.73. The van der Waals surface area contributed by atoms with Gasteiger partial charge in [0.15, 0.2) is 0 Å². The van der Waals surface area contributed by atoms with Crippen LogP contribution in [-0.4, -0.2) is 57.3 Å². The number of nitrogens with zero attached hydrogens (tertiary/aromatic N) is 5. The van der Waals surface area contributed by atoms with Crippen LogP contribution in [0, 0.1) is 18.3 Å². The zero-order valence-electron chi connectivity index (χ0n) is 23.8. The molecule has 2 aliphatic rings. The van der Waals surface area contributed by atoms with Gasteiger partial charge in [0, 0.05) is 51.4 Å². The molecular weight excluding hydrogens is 539 g/mol. The minimum atomic E-state index is -0.277. The number of anilines is 1. The van der Waals surface area contributed by atoms with Gasteiger partial charge in [0.05, 0.1) is 4.91 Å². The molecule has 2 aromatic rings. The van der Waals surface area contributed by atoms with Crippen molar-refractivity contribution in [2.45, 2.75) is 66.0 Å². The van der Waals surface area contributed by atoms with Gasteiger partial charge in [0.1, 0.15) is 21.8 Å². The van der Waals surface area contributed by atoms with Gasteiger partial charge in [-0.15, -0.1) is 0 Å². The second-order valence-electron chi connectivity index (χ2n) is 10.4. The molecule has 0 spiro atoms. The maximum atomic E-state index is 13.4. The number of benzene rings is 1. The van der Waals surface area contributed by atoms with E-state index in [0.29, 0.717) is 27.9 Å². The van der Waals surface area contributed by atoms with Gasteiger partial charge < -0.3 is 4.90 Å². The van der Waals surface area contributed by atoms with Crippen molar-refractivity contribution in [2.75, 3.05) is 37.6 Å². The van der Waals surface area contributed by atoms with E-state index in [4.69, 9.17) is 12.2 Å². The maximum absolute atomic E-state index is 13.4. The van der Waals surface area contributed by atoms with E-state index in [2.05, 4.69) is 47.1 Å². The quantitative estimate of drug-likeness (QED) is 0.197. The van der Waals surface area contributed by atoms with Crippen LogP contribution in [0.5, 0.6) is 0 Å². The molecule has 1 aromatic heterocycles. The van der Waals surface area contributed by atoms with Crippen molar-refractivity contribution in [3.63, 3.8) is 0 Å². The first-order valence-electron chi connectivity index (χ1n) is 14.3. The SMILES string of the molecule is CCCCCCCN1C(=O)/C(=C/c2c(C)c(C#N)c(=O)n(CC)c2N2CCN(Cc3ccccc3)CC2)SC1=S. The standard InChI is InChI=1S/C31H39N5O2S2/c1-4-6-7-8-12-15-36-30(38)27(40-31(36)39)20-25-23(3)26(21-32)29(37)35(5-2)28(25)34-18-16-33(17-19-34)22-24-13-10-9-11-14-24/h9-11,13-14,20H,4-8,12,15-19,22H2,1-3H3/b27-20-. The van der Waals surface area contributed by atoms with Crippen LogP contribution in [-0.2, 0) is 17.9 Å². The Morgan fingerprint density at radius 3 is 2.38 bits per heavy atom. The Kier molecular flexibility index (Phi) is 10.6. The number of hydrogen-bond donors (Lipinski definition) is 0. The van der Waals surface area contributed by atoms with Gasteiger partial charge >= 0.3 is 0 Å². The number of hydrogen-bond acceptors (Lipinski definition) is 7. The summed E-state index contributed by atoms with van der Waals surface area (Å²) in [6.07, 6.45) is 7.42. The molecule has 9 heteroatoms. The fourth-order valence-electron chi connectivity index (χ4n) is 5.43. The molecule has 0 N–H and O–H groups in total. The van der Waals surface area contributed by atoms with Gasteiger partial charge in [0.25, 0.3) is 11.5 Å². The maximum Gasteiger partial charge on any atom is 0.270 e. The Balaban J connectivity index is 1.62. The van der Waals surface area contributed by atoms with E-state index >= 15 is 0 Å². The highest BCUT2D eigenvalue weighted by atomic mass is 32.2. The number of amides is 1. The molecule has 0 unspecified atom stereocenters. The van der Waals surface area contributed by atoms with E-state index in [1.807, 2.05) is 26.0 Å². The monoisotopic (exact) mass is 577 g/mol. The van der Waals surface area contributed by atoms with Gasteiger partial charge in [-0.3, -0.25) is 24.0 Å². The number of carbonyl (C=O) groups is 1. The summed E-state index contributed by atoms with van der Waals surface area (Å²) in [4.78, 5) is 33.7. The molecule has 1 aromatic carbocycles. The summed E-state index contributed by atoms with van der Waals surface area (Å²) in [5.41, 5.74) is 2.51. The van der Waals surface area contributed by atoms with Crippen LogP contribution in [0.2, 0.25) is 0 Å². The Bertz CT molecular complexity index is 1350. The van der Waals surface area contributed by atoms with Crippen molar-refractivity contribution >= 4 is 46.1 Å². The first-order valence-corrected chi connectivity index (χ1v) is 15.6. The molecule has 0 saturated carbocycles. The zero-order valence-corrected chi connectivity index (χ0v) is 25.5. The molecule has 1 amide bonds. The minimum absolute atomic E-state index is 0.0868. The molecule has 0 radical (unpaired) electrons. The Morgan fingerprint density at radius 2 is 1.73 bits per heavy atom. The highest BCUT2D eigenvalue weighted by molar-refractivity contribution is 8.26. The van der Waals surface area contributed by atoms with Crippen molar-refractivity contribution in [2.24, 2.45) is 0 Å². The molecule has 40 heavy (non-hydrogen) atoms. The summed E-state index contributed by atoms with van der Waals surface area (Å²) in [5, 5.41) is 9.87. The van der Waals surface area contributed by atoms with Gasteiger partial charge in [-0.1, -0.05) is 86.9 Å². The lowest BCUT2D eigenvalue weighted by molar-refractivity contribution is -0.122. The molecule has 0 aliphatic carbocycles. The van der Waals surface area contributed by atoms with Gasteiger partial charge in [-0.05, 0) is 37.5 Å². The summed E-state index contributed by atoms with van der Waals surface area (Å²) < 4.78 is 2.27. The van der Waals surface area contributed by atoms with Crippen LogP contribution in [0.15, 0.2) is 40.0 Å². The number of piperazine rings is 1. The summed E-state index contributed by atoms with van der Waals surface area (Å²) in [6.45, 7) is 11.1. The summed E-state index contributed by atoms with van der Waals surface area (Å²) >= 11 is 6.90. The van der Waals surface area contributed by atoms with Crippen LogP contribution < -0.4 is 10.5 Å². The van der Waals surface area contributed by atoms with Crippen LogP contribution >= 0.6 is 24.0 Å². The average Bonchev–Trinajstić information content (AvgIpc) is 3.23. The number of unbranched alkanes of at least 4 members (excludes halogenated alkanes) is 4. The smallest absolute Gasteiger partial charge is 0.270 e. The largest absolute Gasteiger partial charge is 0.355 e. The van der Waals surface area contributed by atoms with Crippen molar-refractivity contribution < 1.29 is 4.79 Å². The topological polar surface area (TPSA) is 72.6 Å². The van der Waals surface area contributed by atoms with Crippen LogP contribution in [0.25, 0.3) is 6.08 Å². The predicted octanol–water partition coefficient (Wildman–Crippen LogP) is 5.54. The first-order chi connectivity index (χ1) is 19.4. The highest BCUT2D eigenvalue weighted by Crippen LogP contribution is 2.36. The lowest BCUT2D eigenvalue weighted by Crippen LogP contribution is -2.48. The third kappa shape index (κ3) is 6.68. The average molecular weight is 578 g/mol. The lowest BCUT2D eigenvalue weighted by Gasteiger charge is -2.38. The zero-order chi connectivity index (χ0) is 28.6. The number of carbonyl (C=O) groups excluding carboxylic acids is 1. The Morgan fingerprint density at radius 1 is 1.02 bits per heavy atom. The van der Waals surface area contributed by atoms with E-state index in [1.54, 1.807) is 9.47 Å². The van der Waals surface area contributed by atoms with E-state index in [-0.39, 0.29) is 17.0 Å². The number of thioether (sulfide) groups is 1. The first kappa shape index (κ1) is 30.0. The van der Waals surface area contributed by atoms with E-state index in [9.17, 15) is 14.9 Å². The normalized spacial score (nSPS) is 17.2. The summed E-state index contributed by atoms with van der Waals surface area (Å²) in [6, 6.07) is 12.6. The summed E-state index contributed by atoms with van der Waals surface area (Å²) in [5.74, 6) is 0.699. The van der Waals surface area contributed by atoms with Crippen LogP contribution in [0.3, 0.4) is 0 Å². The van der Waals surface area contributed by atoms with E-state index in [0.717, 1.165) is 63.4 Å². The number of thiocarbonyl (C=S) groups is 1. The Labute approximate surface area is 247 Å². The third-order valence-electron chi connectivity index (χ3n) is 7.72. The molecule has 3 heterocycles. The second kappa shape index (κ2) is 14.1. The number of rotatable bonds is 11. The fraction of sp³-hybridized carbons (Fsp3) is 0.484. The van der Waals surface area contributed by atoms with E-state index in [1.165, 1.54) is 30.2 Å². The molecule has 4 rings (SSSR count).